The van der Waals surface area contributed by atoms with Crippen molar-refractivity contribution >= 4 is 15.8 Å². The van der Waals surface area contributed by atoms with E-state index in [-0.39, 0.29) is 9.80 Å². The summed E-state index contributed by atoms with van der Waals surface area (Å²) in [5.74, 6) is -0.880. The van der Waals surface area contributed by atoms with Gasteiger partial charge in [-0.2, -0.15) is 0 Å². The Morgan fingerprint density at radius 2 is 1.74 bits per heavy atom. The maximum absolute atomic E-state index is 12.4. The van der Waals surface area contributed by atoms with Crippen molar-refractivity contribution in [2.24, 2.45) is 0 Å². The van der Waals surface area contributed by atoms with E-state index in [2.05, 4.69) is 4.74 Å². The van der Waals surface area contributed by atoms with Gasteiger partial charge in [-0.1, -0.05) is 17.7 Å². The lowest BCUT2D eigenvalue weighted by atomic mass is 10.2. The third kappa shape index (κ3) is 3.57. The number of carbonyl (C=O) groups excluding carboxylic acids is 1. The Balaban J connectivity index is 3.36. The molecule has 1 rings (SSSR count). The van der Waals surface area contributed by atoms with Crippen LogP contribution in [0.1, 0.15) is 5.56 Å². The molecule has 0 spiro atoms. The Morgan fingerprint density at radius 1 is 1.21 bits per heavy atom. The van der Waals surface area contributed by atoms with Crippen LogP contribution in [0.25, 0.3) is 0 Å². The largest absolute Gasteiger partial charge is 0.465 e. The normalized spacial score (nSPS) is 12.1. The van der Waals surface area contributed by atoms with Gasteiger partial charge in [-0.05, 0) is 19.1 Å². The van der Waals surface area contributed by atoms with Gasteiger partial charge in [-0.15, -0.1) is 0 Å². The zero-order valence-corrected chi connectivity index (χ0v) is 12.2. The van der Waals surface area contributed by atoms with E-state index in [1.807, 2.05) is 6.92 Å². The second-order valence-corrected chi connectivity index (χ2v) is 6.18. The summed E-state index contributed by atoms with van der Waals surface area (Å²) < 4.78 is 29.3. The SMILES string of the molecule is COC(=O)C(=CN(C)C)S(=O)(=O)c1ccc(C)cc1. The number of nitrogens with zero attached hydrogens (tertiary/aromatic N) is 1. The summed E-state index contributed by atoms with van der Waals surface area (Å²) in [5.41, 5.74) is 0.940. The van der Waals surface area contributed by atoms with E-state index >= 15 is 0 Å². The van der Waals surface area contributed by atoms with Crippen LogP contribution in [0.4, 0.5) is 0 Å². The van der Waals surface area contributed by atoms with Crippen molar-refractivity contribution < 1.29 is 17.9 Å². The molecule has 0 bridgehead atoms. The maximum atomic E-state index is 12.4. The first-order valence-corrected chi connectivity index (χ1v) is 7.05. The Labute approximate surface area is 113 Å². The molecule has 0 radical (unpaired) electrons. The van der Waals surface area contributed by atoms with E-state index in [9.17, 15) is 13.2 Å². The van der Waals surface area contributed by atoms with Crippen LogP contribution >= 0.6 is 0 Å². The minimum atomic E-state index is -3.88. The maximum Gasteiger partial charge on any atom is 0.351 e. The van der Waals surface area contributed by atoms with Crippen LogP contribution in [-0.4, -0.2) is 40.5 Å². The molecule has 0 N–H and O–H groups in total. The van der Waals surface area contributed by atoms with Crippen molar-refractivity contribution in [1.29, 1.82) is 0 Å². The van der Waals surface area contributed by atoms with Gasteiger partial charge in [0.25, 0.3) is 0 Å². The fraction of sp³-hybridized carbons (Fsp3) is 0.308. The Morgan fingerprint density at radius 3 is 2.16 bits per heavy atom. The number of aryl methyl sites for hydroxylation is 1. The van der Waals surface area contributed by atoms with Gasteiger partial charge in [0, 0.05) is 20.3 Å². The molecule has 1 aromatic rings. The zero-order chi connectivity index (χ0) is 14.6. The number of hydrogen-bond acceptors (Lipinski definition) is 5. The van der Waals surface area contributed by atoms with Gasteiger partial charge in [0.05, 0.1) is 12.0 Å². The molecular weight excluding hydrogens is 266 g/mol. The predicted octanol–water partition coefficient (Wildman–Crippen LogP) is 1.34. The van der Waals surface area contributed by atoms with Gasteiger partial charge in [0.1, 0.15) is 0 Å². The smallest absolute Gasteiger partial charge is 0.351 e. The van der Waals surface area contributed by atoms with Crippen LogP contribution in [0.15, 0.2) is 40.3 Å². The van der Waals surface area contributed by atoms with E-state index in [0.717, 1.165) is 12.7 Å². The third-order valence-electron chi connectivity index (χ3n) is 2.38. The van der Waals surface area contributed by atoms with Crippen molar-refractivity contribution in [3.05, 3.63) is 40.9 Å². The highest BCUT2D eigenvalue weighted by atomic mass is 32.2. The van der Waals surface area contributed by atoms with Crippen LogP contribution in [0.5, 0.6) is 0 Å². The molecule has 0 saturated heterocycles. The van der Waals surface area contributed by atoms with Crippen LogP contribution in [0, 0.1) is 6.92 Å². The summed E-state index contributed by atoms with van der Waals surface area (Å²) >= 11 is 0. The number of esters is 1. The average Bonchev–Trinajstić information content (AvgIpc) is 2.35. The van der Waals surface area contributed by atoms with Crippen LogP contribution < -0.4 is 0 Å². The molecule has 0 atom stereocenters. The number of ether oxygens (including phenoxy) is 1. The molecule has 0 fully saturated rings. The highest BCUT2D eigenvalue weighted by Crippen LogP contribution is 2.21. The minimum absolute atomic E-state index is 0.0663. The molecule has 0 aliphatic rings. The lowest BCUT2D eigenvalue weighted by Crippen LogP contribution is -2.18. The standard InChI is InChI=1S/C13H17NO4S/c1-10-5-7-11(8-6-10)19(16,17)12(9-14(2)3)13(15)18-4/h5-9H,1-4H3. The fourth-order valence-corrected chi connectivity index (χ4v) is 2.81. The number of carbonyl (C=O) groups is 1. The second kappa shape index (κ2) is 5.88. The monoisotopic (exact) mass is 283 g/mol. The van der Waals surface area contributed by atoms with Crippen LogP contribution in [-0.2, 0) is 19.4 Å². The molecule has 0 heterocycles. The molecule has 5 nitrogen and oxygen atoms in total. The molecule has 104 valence electrons. The first kappa shape index (κ1) is 15.2. The van der Waals surface area contributed by atoms with Crippen molar-refractivity contribution in [3.8, 4) is 0 Å². The van der Waals surface area contributed by atoms with E-state index in [1.165, 1.54) is 23.2 Å². The van der Waals surface area contributed by atoms with Crippen LogP contribution in [0.3, 0.4) is 0 Å². The van der Waals surface area contributed by atoms with Gasteiger partial charge in [0.15, 0.2) is 4.91 Å². The molecular formula is C13H17NO4S. The number of hydrogen-bond donors (Lipinski definition) is 0. The summed E-state index contributed by atoms with van der Waals surface area (Å²) in [6.07, 6.45) is 1.24. The number of rotatable bonds is 4. The number of methoxy groups -OCH3 is 1. The lowest BCUT2D eigenvalue weighted by Gasteiger charge is -2.11. The predicted molar refractivity (Wildman–Crippen MR) is 72.2 cm³/mol. The van der Waals surface area contributed by atoms with E-state index in [1.54, 1.807) is 26.2 Å². The lowest BCUT2D eigenvalue weighted by molar-refractivity contribution is -0.135. The highest BCUT2D eigenvalue weighted by Gasteiger charge is 2.28. The molecule has 1 aromatic carbocycles. The van der Waals surface area contributed by atoms with Gasteiger partial charge in [0.2, 0.25) is 9.84 Å². The second-order valence-electron chi connectivity index (χ2n) is 4.27. The summed E-state index contributed by atoms with van der Waals surface area (Å²) in [6.45, 7) is 1.85. The zero-order valence-electron chi connectivity index (χ0n) is 11.4. The third-order valence-corrected chi connectivity index (χ3v) is 4.13. The highest BCUT2D eigenvalue weighted by molar-refractivity contribution is 7.96. The Kier molecular flexibility index (Phi) is 4.72. The molecule has 6 heteroatoms. The van der Waals surface area contributed by atoms with E-state index in [4.69, 9.17) is 0 Å². The number of benzene rings is 1. The number of sulfone groups is 1. The molecule has 0 amide bonds. The van der Waals surface area contributed by atoms with Crippen molar-refractivity contribution in [2.45, 2.75) is 11.8 Å². The quantitative estimate of drug-likeness (QED) is 0.616. The summed E-state index contributed by atoms with van der Waals surface area (Å²) in [4.78, 5) is 12.8. The van der Waals surface area contributed by atoms with Gasteiger partial charge >= 0.3 is 5.97 Å². The molecule has 0 aliphatic carbocycles. The van der Waals surface area contributed by atoms with E-state index in [0.29, 0.717) is 0 Å². The summed E-state index contributed by atoms with van der Waals surface area (Å²) in [5, 5.41) is 0. The summed E-state index contributed by atoms with van der Waals surface area (Å²) in [6, 6.07) is 6.29. The minimum Gasteiger partial charge on any atom is -0.465 e. The van der Waals surface area contributed by atoms with Gasteiger partial charge in [-0.3, -0.25) is 0 Å². The average molecular weight is 283 g/mol. The van der Waals surface area contributed by atoms with E-state index < -0.39 is 15.8 Å². The molecule has 19 heavy (non-hydrogen) atoms. The fourth-order valence-electron chi connectivity index (χ4n) is 1.41. The van der Waals surface area contributed by atoms with Crippen molar-refractivity contribution in [2.75, 3.05) is 21.2 Å². The topological polar surface area (TPSA) is 63.7 Å². The first-order valence-electron chi connectivity index (χ1n) is 5.57. The van der Waals surface area contributed by atoms with Gasteiger partial charge in [-0.25, -0.2) is 13.2 Å². The Hall–Kier alpha value is -1.82. The summed E-state index contributed by atoms with van der Waals surface area (Å²) in [7, 11) is 0.535. The first-order chi connectivity index (χ1) is 8.78. The Bertz CT molecular complexity index is 586. The van der Waals surface area contributed by atoms with Crippen molar-refractivity contribution in [3.63, 3.8) is 0 Å². The van der Waals surface area contributed by atoms with Crippen molar-refractivity contribution in [1.82, 2.24) is 4.90 Å². The molecule has 0 unspecified atom stereocenters. The molecule has 0 aromatic heterocycles. The molecule has 0 saturated carbocycles. The van der Waals surface area contributed by atoms with Gasteiger partial charge < -0.3 is 9.64 Å². The van der Waals surface area contributed by atoms with Crippen LogP contribution in [0.2, 0.25) is 0 Å². The molecule has 0 aliphatic heterocycles.